The quantitative estimate of drug-likeness (QED) is 0.506. The van der Waals surface area contributed by atoms with Gasteiger partial charge in [0.2, 0.25) is 5.82 Å². The van der Waals surface area contributed by atoms with Gasteiger partial charge in [0, 0.05) is 50.6 Å². The third-order valence-electron chi connectivity index (χ3n) is 4.72. The van der Waals surface area contributed by atoms with Gasteiger partial charge in [0.15, 0.2) is 11.6 Å². The molecule has 0 saturated carbocycles. The molecule has 0 atom stereocenters. The first-order valence-electron chi connectivity index (χ1n) is 9.01. The van der Waals surface area contributed by atoms with E-state index in [9.17, 15) is 0 Å². The van der Waals surface area contributed by atoms with Crippen molar-refractivity contribution in [2.75, 3.05) is 5.32 Å². The molecule has 0 aliphatic carbocycles. The second-order valence-electron chi connectivity index (χ2n) is 6.70. The lowest BCUT2D eigenvalue weighted by Crippen LogP contribution is -2.06. The predicted molar refractivity (Wildman–Crippen MR) is 107 cm³/mol. The molecule has 0 aliphatic rings. The second-order valence-corrected chi connectivity index (χ2v) is 6.70. The number of nitrogens with one attached hydrogen (secondary N) is 1. The number of anilines is 2. The highest BCUT2D eigenvalue weighted by atomic mass is 15.3. The molecule has 0 radical (unpaired) electrons. The molecular formula is C19H18N10. The Morgan fingerprint density at radius 1 is 1.00 bits per heavy atom. The topological polar surface area (TPSA) is 104 Å². The van der Waals surface area contributed by atoms with Gasteiger partial charge < -0.3 is 9.88 Å². The van der Waals surface area contributed by atoms with Crippen molar-refractivity contribution in [2.24, 2.45) is 14.1 Å². The van der Waals surface area contributed by atoms with Gasteiger partial charge in [0.05, 0.1) is 5.69 Å². The molecule has 10 heteroatoms. The Balaban J connectivity index is 1.74. The van der Waals surface area contributed by atoms with Crippen LogP contribution in [0.15, 0.2) is 49.4 Å². The summed E-state index contributed by atoms with van der Waals surface area (Å²) in [5, 5.41) is 12.5. The maximum Gasteiger partial charge on any atom is 0.218 e. The Morgan fingerprint density at radius 2 is 1.90 bits per heavy atom. The minimum Gasteiger partial charge on any atom is -0.331 e. The molecule has 29 heavy (non-hydrogen) atoms. The third-order valence-corrected chi connectivity index (χ3v) is 4.72. The summed E-state index contributed by atoms with van der Waals surface area (Å²) in [6.45, 7) is 2.04. The summed E-state index contributed by atoms with van der Waals surface area (Å²) >= 11 is 0. The van der Waals surface area contributed by atoms with Crippen LogP contribution in [-0.4, -0.2) is 43.9 Å². The number of hydrogen-bond acceptors (Lipinski definition) is 7. The Morgan fingerprint density at radius 3 is 2.59 bits per heavy atom. The standard InChI is InChI=1S/C19H18N10/c1-12-13(14-5-8-28(3)25-14)10-29-16(12)17(23-15-4-6-20-11-22-15)24-18(26-29)19-21-7-9-27(19)2/h4-11H,1-3H3,(H,20,22,23,24,26). The van der Waals surface area contributed by atoms with E-state index in [0.29, 0.717) is 23.3 Å². The highest BCUT2D eigenvalue weighted by Crippen LogP contribution is 2.32. The zero-order chi connectivity index (χ0) is 20.0. The van der Waals surface area contributed by atoms with E-state index in [-0.39, 0.29) is 0 Å². The fourth-order valence-corrected chi connectivity index (χ4v) is 3.30. The Bertz CT molecular complexity index is 1310. The van der Waals surface area contributed by atoms with Crippen molar-refractivity contribution in [3.8, 4) is 22.9 Å². The van der Waals surface area contributed by atoms with Crippen molar-refractivity contribution in [3.63, 3.8) is 0 Å². The molecule has 0 saturated heterocycles. The first-order valence-corrected chi connectivity index (χ1v) is 9.01. The lowest BCUT2D eigenvalue weighted by atomic mass is 10.1. The molecule has 5 aromatic heterocycles. The van der Waals surface area contributed by atoms with Gasteiger partial charge in [-0.15, -0.1) is 5.10 Å². The number of fused-ring (bicyclic) bond motifs is 1. The van der Waals surface area contributed by atoms with Gasteiger partial charge >= 0.3 is 0 Å². The van der Waals surface area contributed by atoms with Crippen LogP contribution in [0.4, 0.5) is 11.6 Å². The molecule has 10 nitrogen and oxygen atoms in total. The first kappa shape index (κ1) is 17.0. The Hall–Kier alpha value is -4.08. The molecule has 1 N–H and O–H groups in total. The predicted octanol–water partition coefficient (Wildman–Crippen LogP) is 2.37. The molecule has 5 rings (SSSR count). The lowest BCUT2D eigenvalue weighted by Gasteiger charge is -2.09. The summed E-state index contributed by atoms with van der Waals surface area (Å²) in [6.07, 6.45) is 10.6. The molecule has 0 unspecified atom stereocenters. The average Bonchev–Trinajstić information content (AvgIpc) is 3.41. The molecule has 0 fully saturated rings. The summed E-state index contributed by atoms with van der Waals surface area (Å²) in [5.41, 5.74) is 3.73. The van der Waals surface area contributed by atoms with Crippen LogP contribution in [0.1, 0.15) is 5.56 Å². The van der Waals surface area contributed by atoms with Gasteiger partial charge in [-0.3, -0.25) is 4.68 Å². The number of imidazole rings is 1. The van der Waals surface area contributed by atoms with Crippen LogP contribution in [0.2, 0.25) is 0 Å². The molecule has 0 aromatic carbocycles. The van der Waals surface area contributed by atoms with E-state index in [0.717, 1.165) is 22.3 Å². The van der Waals surface area contributed by atoms with Crippen molar-refractivity contribution in [2.45, 2.75) is 6.92 Å². The van der Waals surface area contributed by atoms with Crippen LogP contribution in [0, 0.1) is 6.92 Å². The first-order chi connectivity index (χ1) is 14.1. The number of nitrogens with zero attached hydrogens (tertiary/aromatic N) is 9. The summed E-state index contributed by atoms with van der Waals surface area (Å²) in [5.74, 6) is 2.45. The average molecular weight is 386 g/mol. The normalized spacial score (nSPS) is 11.3. The van der Waals surface area contributed by atoms with E-state index in [4.69, 9.17) is 10.1 Å². The molecule has 0 bridgehead atoms. The Labute approximate surface area is 165 Å². The largest absolute Gasteiger partial charge is 0.331 e. The smallest absolute Gasteiger partial charge is 0.218 e. The summed E-state index contributed by atoms with van der Waals surface area (Å²) in [4.78, 5) is 17.4. The van der Waals surface area contributed by atoms with E-state index >= 15 is 0 Å². The molecular weight excluding hydrogens is 368 g/mol. The number of rotatable bonds is 4. The molecule has 5 aromatic rings. The Kier molecular flexibility index (Phi) is 3.83. The summed E-state index contributed by atoms with van der Waals surface area (Å²) < 4.78 is 5.48. The summed E-state index contributed by atoms with van der Waals surface area (Å²) in [6, 6.07) is 3.77. The van der Waals surface area contributed by atoms with E-state index in [1.165, 1.54) is 6.33 Å². The van der Waals surface area contributed by atoms with Crippen LogP contribution in [0.5, 0.6) is 0 Å². The van der Waals surface area contributed by atoms with Crippen molar-refractivity contribution >= 4 is 17.2 Å². The van der Waals surface area contributed by atoms with E-state index < -0.39 is 0 Å². The van der Waals surface area contributed by atoms with E-state index in [2.05, 4.69) is 25.4 Å². The molecule has 0 aliphatic heterocycles. The lowest BCUT2D eigenvalue weighted by molar-refractivity contribution is 0.770. The zero-order valence-corrected chi connectivity index (χ0v) is 16.1. The summed E-state index contributed by atoms with van der Waals surface area (Å²) in [7, 11) is 3.81. The van der Waals surface area contributed by atoms with Gasteiger partial charge in [-0.25, -0.2) is 24.5 Å². The van der Waals surface area contributed by atoms with Crippen molar-refractivity contribution in [1.29, 1.82) is 0 Å². The SMILES string of the molecule is Cc1c(-c2ccn(C)n2)cn2nc(-c3nccn3C)nc(Nc3ccncn3)c12. The van der Waals surface area contributed by atoms with Crippen LogP contribution < -0.4 is 5.32 Å². The monoisotopic (exact) mass is 386 g/mol. The molecule has 5 heterocycles. The van der Waals surface area contributed by atoms with Crippen molar-refractivity contribution in [1.82, 2.24) is 43.9 Å². The van der Waals surface area contributed by atoms with Crippen molar-refractivity contribution in [3.05, 3.63) is 55.0 Å². The van der Waals surface area contributed by atoms with Crippen LogP contribution in [-0.2, 0) is 14.1 Å². The van der Waals surface area contributed by atoms with Crippen LogP contribution in [0.3, 0.4) is 0 Å². The molecule has 0 spiro atoms. The van der Waals surface area contributed by atoms with E-state index in [1.807, 2.05) is 54.8 Å². The van der Waals surface area contributed by atoms with Gasteiger partial charge in [-0.05, 0) is 24.6 Å². The van der Waals surface area contributed by atoms with Gasteiger partial charge in [-0.1, -0.05) is 0 Å². The van der Waals surface area contributed by atoms with Gasteiger partial charge in [0.1, 0.15) is 17.7 Å². The van der Waals surface area contributed by atoms with Crippen molar-refractivity contribution < 1.29 is 0 Å². The zero-order valence-electron chi connectivity index (χ0n) is 16.1. The fourth-order valence-electron chi connectivity index (χ4n) is 3.30. The highest BCUT2D eigenvalue weighted by Gasteiger charge is 2.19. The minimum absolute atomic E-state index is 0.504. The molecule has 0 amide bonds. The molecule has 144 valence electrons. The minimum atomic E-state index is 0.504. The third kappa shape index (κ3) is 2.90. The van der Waals surface area contributed by atoms with Crippen LogP contribution in [0.25, 0.3) is 28.4 Å². The second kappa shape index (κ2) is 6.51. The fraction of sp³-hybridized carbons (Fsp3) is 0.158. The number of aryl methyl sites for hydroxylation is 3. The number of aromatic nitrogens is 9. The van der Waals surface area contributed by atoms with Crippen LogP contribution >= 0.6 is 0 Å². The van der Waals surface area contributed by atoms with Gasteiger partial charge in [0.25, 0.3) is 0 Å². The van der Waals surface area contributed by atoms with Gasteiger partial charge in [-0.2, -0.15) is 5.10 Å². The van der Waals surface area contributed by atoms with E-state index in [1.54, 1.807) is 23.1 Å². The maximum absolute atomic E-state index is 4.76. The number of hydrogen-bond donors (Lipinski definition) is 1. The maximum atomic E-state index is 4.76. The highest BCUT2D eigenvalue weighted by molar-refractivity contribution is 5.83.